The van der Waals surface area contributed by atoms with E-state index >= 15 is 0 Å². The minimum atomic E-state index is -0.537. The van der Waals surface area contributed by atoms with Gasteiger partial charge in [0.2, 0.25) is 11.8 Å². The molecule has 0 saturated carbocycles. The highest BCUT2D eigenvalue weighted by Crippen LogP contribution is 2.35. The van der Waals surface area contributed by atoms with Crippen molar-refractivity contribution in [3.05, 3.63) is 46.8 Å². The lowest BCUT2D eigenvalue weighted by Crippen LogP contribution is -2.52. The Labute approximate surface area is 171 Å². The van der Waals surface area contributed by atoms with Crippen LogP contribution in [0.1, 0.15) is 28.9 Å². The Hall–Kier alpha value is -2.96. The van der Waals surface area contributed by atoms with Crippen molar-refractivity contribution in [1.82, 2.24) is 14.8 Å². The van der Waals surface area contributed by atoms with Crippen molar-refractivity contribution in [2.45, 2.75) is 45.8 Å². The number of amides is 2. The van der Waals surface area contributed by atoms with Gasteiger partial charge in [0.1, 0.15) is 6.04 Å². The molecule has 2 aromatic rings. The standard InChI is InChI=1S/C22H29N3O4/c1-14-6-7-15(2)24(14)9-8-21(26)25-13-17-12-20(29-5)19(28-4)11-16(17)10-18(25)22(27)23-3/h6-7,11-12,18H,8-10,13H2,1-5H3,(H,23,27). The lowest BCUT2D eigenvalue weighted by atomic mass is 9.92. The predicted octanol–water partition coefficient (Wildman–Crippen LogP) is 2.21. The summed E-state index contributed by atoms with van der Waals surface area (Å²) in [5, 5.41) is 2.70. The number of aryl methyl sites for hydroxylation is 2. The third-order valence-electron chi connectivity index (χ3n) is 5.67. The van der Waals surface area contributed by atoms with Crippen molar-refractivity contribution >= 4 is 11.8 Å². The molecule has 0 aliphatic carbocycles. The number of hydrogen-bond donors (Lipinski definition) is 1. The highest BCUT2D eigenvalue weighted by Gasteiger charge is 2.34. The third-order valence-corrected chi connectivity index (χ3v) is 5.67. The number of ether oxygens (including phenoxy) is 2. The lowest BCUT2D eigenvalue weighted by Gasteiger charge is -2.36. The highest BCUT2D eigenvalue weighted by molar-refractivity contribution is 5.88. The fraction of sp³-hybridized carbons (Fsp3) is 0.455. The lowest BCUT2D eigenvalue weighted by molar-refractivity contribution is -0.141. The molecule has 7 heteroatoms. The maximum absolute atomic E-state index is 13.1. The first kappa shape index (κ1) is 20.8. The second kappa shape index (κ2) is 8.59. The number of carbonyl (C=O) groups is 2. The van der Waals surface area contributed by atoms with Gasteiger partial charge in [-0.2, -0.15) is 0 Å². The Morgan fingerprint density at radius 3 is 2.21 bits per heavy atom. The summed E-state index contributed by atoms with van der Waals surface area (Å²) in [5.74, 6) is 1.05. The molecule has 3 rings (SSSR count). The van der Waals surface area contributed by atoms with Gasteiger partial charge in [-0.05, 0) is 49.2 Å². The molecule has 1 aromatic carbocycles. The Morgan fingerprint density at radius 1 is 1.07 bits per heavy atom. The largest absolute Gasteiger partial charge is 0.493 e. The van der Waals surface area contributed by atoms with E-state index in [2.05, 4.69) is 9.88 Å². The van der Waals surface area contributed by atoms with Crippen LogP contribution in [0.3, 0.4) is 0 Å². The normalized spacial score (nSPS) is 15.6. The van der Waals surface area contributed by atoms with Gasteiger partial charge in [0.05, 0.1) is 14.2 Å². The molecule has 1 unspecified atom stereocenters. The second-order valence-electron chi connectivity index (χ2n) is 7.35. The zero-order chi connectivity index (χ0) is 21.1. The number of likely N-dealkylation sites (N-methyl/N-ethyl adjacent to an activating group) is 1. The summed E-state index contributed by atoms with van der Waals surface area (Å²) in [7, 11) is 4.77. The van der Waals surface area contributed by atoms with Gasteiger partial charge < -0.3 is 24.3 Å². The fourth-order valence-electron chi connectivity index (χ4n) is 3.98. The van der Waals surface area contributed by atoms with E-state index in [1.165, 1.54) is 0 Å². The highest BCUT2D eigenvalue weighted by atomic mass is 16.5. The van der Waals surface area contributed by atoms with Gasteiger partial charge in [0, 0.05) is 44.4 Å². The SMILES string of the molecule is CNC(=O)C1Cc2cc(OC)c(OC)cc2CN1C(=O)CCn1c(C)ccc1C. The minimum Gasteiger partial charge on any atom is -0.493 e. The molecule has 2 amide bonds. The Bertz CT molecular complexity index is 900. The Morgan fingerprint density at radius 2 is 1.66 bits per heavy atom. The number of hydrogen-bond acceptors (Lipinski definition) is 4. The molecule has 29 heavy (non-hydrogen) atoms. The van der Waals surface area contributed by atoms with E-state index in [1.54, 1.807) is 26.2 Å². The summed E-state index contributed by atoms with van der Waals surface area (Å²) in [6, 6.07) is 7.35. The van der Waals surface area contributed by atoms with Gasteiger partial charge in [-0.15, -0.1) is 0 Å². The predicted molar refractivity (Wildman–Crippen MR) is 110 cm³/mol. The van der Waals surface area contributed by atoms with E-state index in [0.717, 1.165) is 22.5 Å². The fourth-order valence-corrected chi connectivity index (χ4v) is 3.98. The van der Waals surface area contributed by atoms with Gasteiger partial charge in [0.25, 0.3) is 0 Å². The molecular weight excluding hydrogens is 370 g/mol. The van der Waals surface area contributed by atoms with Crippen molar-refractivity contribution in [2.24, 2.45) is 0 Å². The number of nitrogens with zero attached hydrogens (tertiary/aromatic N) is 2. The number of rotatable bonds is 6. The van der Waals surface area contributed by atoms with Crippen molar-refractivity contribution in [3.63, 3.8) is 0 Å². The van der Waals surface area contributed by atoms with E-state index in [-0.39, 0.29) is 11.8 Å². The van der Waals surface area contributed by atoms with Crippen LogP contribution in [0.2, 0.25) is 0 Å². The summed E-state index contributed by atoms with van der Waals surface area (Å²) in [5.41, 5.74) is 4.22. The molecule has 1 aliphatic rings. The van der Waals surface area contributed by atoms with E-state index < -0.39 is 6.04 Å². The average Bonchev–Trinajstić information content (AvgIpc) is 3.06. The van der Waals surface area contributed by atoms with Crippen molar-refractivity contribution in [1.29, 1.82) is 0 Å². The van der Waals surface area contributed by atoms with Gasteiger partial charge in [-0.1, -0.05) is 0 Å². The molecule has 1 atom stereocenters. The van der Waals surface area contributed by atoms with Gasteiger partial charge in [-0.25, -0.2) is 0 Å². The molecule has 1 aromatic heterocycles. The minimum absolute atomic E-state index is 0.0356. The summed E-state index contributed by atoms with van der Waals surface area (Å²) in [6.07, 6.45) is 0.787. The topological polar surface area (TPSA) is 72.8 Å². The second-order valence-corrected chi connectivity index (χ2v) is 7.35. The third kappa shape index (κ3) is 4.09. The number of nitrogens with one attached hydrogen (secondary N) is 1. The summed E-state index contributed by atoms with van der Waals surface area (Å²) >= 11 is 0. The first-order valence-corrected chi connectivity index (χ1v) is 9.77. The molecular formula is C22H29N3O4. The molecule has 2 heterocycles. The number of benzene rings is 1. The van der Waals surface area contributed by atoms with E-state index in [4.69, 9.17) is 9.47 Å². The van der Waals surface area contributed by atoms with Gasteiger partial charge >= 0.3 is 0 Å². The van der Waals surface area contributed by atoms with Crippen LogP contribution < -0.4 is 14.8 Å². The van der Waals surface area contributed by atoms with Gasteiger partial charge in [-0.3, -0.25) is 9.59 Å². The molecule has 156 valence electrons. The maximum atomic E-state index is 13.1. The van der Waals surface area contributed by atoms with Gasteiger partial charge in [0.15, 0.2) is 11.5 Å². The monoisotopic (exact) mass is 399 g/mol. The molecule has 0 radical (unpaired) electrons. The number of fused-ring (bicyclic) bond motifs is 1. The van der Waals surface area contributed by atoms with Crippen LogP contribution in [0, 0.1) is 13.8 Å². The van der Waals surface area contributed by atoms with E-state index in [9.17, 15) is 9.59 Å². The molecule has 1 aliphatic heterocycles. The smallest absolute Gasteiger partial charge is 0.242 e. The molecule has 0 saturated heterocycles. The van der Waals surface area contributed by atoms with Crippen LogP contribution in [0.5, 0.6) is 11.5 Å². The summed E-state index contributed by atoms with van der Waals surface area (Å²) < 4.78 is 12.9. The van der Waals surface area contributed by atoms with Crippen LogP contribution in [0.15, 0.2) is 24.3 Å². The first-order chi connectivity index (χ1) is 13.9. The number of carbonyl (C=O) groups excluding carboxylic acids is 2. The molecule has 0 fully saturated rings. The summed E-state index contributed by atoms with van der Waals surface area (Å²) in [4.78, 5) is 27.3. The maximum Gasteiger partial charge on any atom is 0.242 e. The zero-order valence-corrected chi connectivity index (χ0v) is 17.7. The Kier molecular flexibility index (Phi) is 6.15. The van der Waals surface area contributed by atoms with Crippen LogP contribution in [-0.2, 0) is 29.1 Å². The number of methoxy groups -OCH3 is 2. The molecule has 1 N–H and O–H groups in total. The van der Waals surface area contributed by atoms with E-state index in [0.29, 0.717) is 37.4 Å². The van der Waals surface area contributed by atoms with Crippen molar-refractivity contribution in [2.75, 3.05) is 21.3 Å². The van der Waals surface area contributed by atoms with E-state index in [1.807, 2.05) is 38.1 Å². The quantitative estimate of drug-likeness (QED) is 0.808. The van der Waals surface area contributed by atoms with Crippen LogP contribution >= 0.6 is 0 Å². The van der Waals surface area contributed by atoms with Crippen LogP contribution in [0.4, 0.5) is 0 Å². The zero-order valence-electron chi connectivity index (χ0n) is 17.7. The van der Waals surface area contributed by atoms with Crippen molar-refractivity contribution in [3.8, 4) is 11.5 Å². The molecule has 7 nitrogen and oxygen atoms in total. The summed E-state index contributed by atoms with van der Waals surface area (Å²) in [6.45, 7) is 5.03. The Balaban J connectivity index is 1.86. The molecule has 0 bridgehead atoms. The average molecular weight is 399 g/mol. The first-order valence-electron chi connectivity index (χ1n) is 9.77. The van der Waals surface area contributed by atoms with Crippen LogP contribution in [0.25, 0.3) is 0 Å². The number of aromatic nitrogens is 1. The van der Waals surface area contributed by atoms with Crippen LogP contribution in [-0.4, -0.2) is 48.6 Å². The molecule has 0 spiro atoms. The van der Waals surface area contributed by atoms with Crippen molar-refractivity contribution < 1.29 is 19.1 Å².